The van der Waals surface area contributed by atoms with E-state index in [1.165, 1.54) is 18.4 Å². The third-order valence-corrected chi connectivity index (χ3v) is 4.83. The van der Waals surface area contributed by atoms with Gasteiger partial charge < -0.3 is 15.4 Å². The van der Waals surface area contributed by atoms with Crippen LogP contribution >= 0.6 is 0 Å². The van der Waals surface area contributed by atoms with Gasteiger partial charge in [-0.1, -0.05) is 37.3 Å². The molecule has 1 aromatic rings. The third kappa shape index (κ3) is 4.47. The maximum absolute atomic E-state index is 6.07. The molecule has 23 heavy (non-hydrogen) atoms. The Balaban J connectivity index is 1.64. The molecule has 4 nitrogen and oxygen atoms in total. The van der Waals surface area contributed by atoms with Gasteiger partial charge in [0, 0.05) is 31.7 Å². The Morgan fingerprint density at radius 1 is 1.30 bits per heavy atom. The van der Waals surface area contributed by atoms with Gasteiger partial charge >= 0.3 is 0 Å². The molecule has 1 saturated carbocycles. The molecule has 0 aromatic heterocycles. The van der Waals surface area contributed by atoms with Crippen molar-refractivity contribution in [3.8, 4) is 0 Å². The number of benzene rings is 1. The average molecular weight is 315 g/mol. The van der Waals surface area contributed by atoms with Crippen LogP contribution in [0.3, 0.4) is 0 Å². The molecule has 2 fully saturated rings. The van der Waals surface area contributed by atoms with Crippen LogP contribution in [0, 0.1) is 11.8 Å². The lowest BCUT2D eigenvalue weighted by Crippen LogP contribution is -2.39. The quantitative estimate of drug-likeness (QED) is 0.648. The summed E-state index contributed by atoms with van der Waals surface area (Å²) in [4.78, 5) is 4.84. The Morgan fingerprint density at radius 3 is 2.78 bits per heavy atom. The highest BCUT2D eigenvalue weighted by Crippen LogP contribution is 2.34. The zero-order chi connectivity index (χ0) is 16.1. The summed E-state index contributed by atoms with van der Waals surface area (Å²) in [5.41, 5.74) is 1.28. The first-order chi connectivity index (χ1) is 11.3. The van der Waals surface area contributed by atoms with Gasteiger partial charge in [-0.2, -0.15) is 0 Å². The third-order valence-electron chi connectivity index (χ3n) is 4.83. The standard InChI is InChI=1S/C19H29N3O/c1-3-20-19(22-17-12-14(17)2)21-13-16-10-7-11-23-18(16)15-8-5-4-6-9-15/h4-6,8-9,14,16-18H,3,7,10-13H2,1-2H3,(H2,20,21,22). The van der Waals surface area contributed by atoms with Crippen molar-refractivity contribution >= 4 is 5.96 Å². The zero-order valence-electron chi connectivity index (χ0n) is 14.3. The van der Waals surface area contributed by atoms with Crippen LogP contribution < -0.4 is 10.6 Å². The van der Waals surface area contributed by atoms with Gasteiger partial charge in [0.2, 0.25) is 0 Å². The smallest absolute Gasteiger partial charge is 0.191 e. The highest BCUT2D eigenvalue weighted by atomic mass is 16.5. The monoisotopic (exact) mass is 315 g/mol. The van der Waals surface area contributed by atoms with Crippen molar-refractivity contribution in [2.75, 3.05) is 19.7 Å². The fraction of sp³-hybridized carbons (Fsp3) is 0.632. The van der Waals surface area contributed by atoms with Gasteiger partial charge in [0.25, 0.3) is 0 Å². The van der Waals surface area contributed by atoms with E-state index in [0.29, 0.717) is 12.0 Å². The van der Waals surface area contributed by atoms with Gasteiger partial charge in [0.1, 0.15) is 0 Å². The molecule has 2 aliphatic rings. The van der Waals surface area contributed by atoms with Crippen LogP contribution in [-0.4, -0.2) is 31.7 Å². The fourth-order valence-corrected chi connectivity index (χ4v) is 3.27. The van der Waals surface area contributed by atoms with Crippen LogP contribution in [0.15, 0.2) is 35.3 Å². The molecule has 3 rings (SSSR count). The van der Waals surface area contributed by atoms with Crippen LogP contribution in [0.25, 0.3) is 0 Å². The molecule has 126 valence electrons. The Hall–Kier alpha value is -1.55. The summed E-state index contributed by atoms with van der Waals surface area (Å²) in [6.07, 6.45) is 3.75. The summed E-state index contributed by atoms with van der Waals surface area (Å²) in [5, 5.41) is 6.90. The number of guanidine groups is 1. The first kappa shape index (κ1) is 16.3. The summed E-state index contributed by atoms with van der Waals surface area (Å²) in [6, 6.07) is 11.2. The van der Waals surface area contributed by atoms with Crippen LogP contribution in [-0.2, 0) is 4.74 Å². The summed E-state index contributed by atoms with van der Waals surface area (Å²) in [6.45, 7) is 6.97. The maximum Gasteiger partial charge on any atom is 0.191 e. The van der Waals surface area contributed by atoms with Crippen LogP contribution in [0.1, 0.15) is 44.8 Å². The van der Waals surface area contributed by atoms with E-state index in [0.717, 1.165) is 38.0 Å². The Morgan fingerprint density at radius 2 is 2.09 bits per heavy atom. The van der Waals surface area contributed by atoms with Gasteiger partial charge in [-0.05, 0) is 37.7 Å². The second-order valence-electron chi connectivity index (χ2n) is 6.79. The van der Waals surface area contributed by atoms with Crippen molar-refractivity contribution in [3.63, 3.8) is 0 Å². The van der Waals surface area contributed by atoms with Gasteiger partial charge in [0.05, 0.1) is 6.10 Å². The van der Waals surface area contributed by atoms with E-state index in [1.807, 2.05) is 0 Å². The molecule has 2 N–H and O–H groups in total. The molecule has 0 spiro atoms. The number of hydrogen-bond acceptors (Lipinski definition) is 2. The molecular weight excluding hydrogens is 286 g/mol. The number of ether oxygens (including phenoxy) is 1. The number of hydrogen-bond donors (Lipinski definition) is 2. The van der Waals surface area contributed by atoms with Crippen molar-refractivity contribution in [1.82, 2.24) is 10.6 Å². The second-order valence-corrected chi connectivity index (χ2v) is 6.79. The van der Waals surface area contributed by atoms with Gasteiger partial charge in [0.15, 0.2) is 5.96 Å². The maximum atomic E-state index is 6.07. The van der Waals surface area contributed by atoms with Crippen molar-refractivity contribution in [2.45, 2.75) is 45.3 Å². The molecule has 0 amide bonds. The molecule has 1 aromatic carbocycles. The van der Waals surface area contributed by atoms with E-state index in [1.54, 1.807) is 0 Å². The van der Waals surface area contributed by atoms with Gasteiger partial charge in [-0.3, -0.25) is 4.99 Å². The molecule has 4 heteroatoms. The van der Waals surface area contributed by atoms with E-state index in [-0.39, 0.29) is 6.10 Å². The summed E-state index contributed by atoms with van der Waals surface area (Å²) >= 11 is 0. The van der Waals surface area contributed by atoms with Crippen LogP contribution in [0.2, 0.25) is 0 Å². The number of aliphatic imine (C=N–C) groups is 1. The molecule has 1 aliphatic carbocycles. The number of rotatable bonds is 5. The van der Waals surface area contributed by atoms with Crippen LogP contribution in [0.5, 0.6) is 0 Å². The van der Waals surface area contributed by atoms with E-state index < -0.39 is 0 Å². The van der Waals surface area contributed by atoms with Crippen molar-refractivity contribution < 1.29 is 4.74 Å². The SMILES string of the molecule is CCNC(=NCC1CCCOC1c1ccccc1)NC1CC1C. The highest BCUT2D eigenvalue weighted by Gasteiger charge is 2.33. The van der Waals surface area contributed by atoms with E-state index in [4.69, 9.17) is 9.73 Å². The normalized spacial score (nSPS) is 30.8. The lowest BCUT2D eigenvalue weighted by molar-refractivity contribution is -0.0250. The van der Waals surface area contributed by atoms with Crippen molar-refractivity contribution in [3.05, 3.63) is 35.9 Å². The molecular formula is C19H29N3O. The Labute approximate surface area is 139 Å². The predicted molar refractivity (Wildman–Crippen MR) is 94.5 cm³/mol. The van der Waals surface area contributed by atoms with Crippen molar-refractivity contribution in [1.29, 1.82) is 0 Å². The summed E-state index contributed by atoms with van der Waals surface area (Å²) in [5.74, 6) is 2.19. The van der Waals surface area contributed by atoms with Gasteiger partial charge in [-0.25, -0.2) is 0 Å². The topological polar surface area (TPSA) is 45.7 Å². The molecule has 1 saturated heterocycles. The second kappa shape index (κ2) is 7.82. The average Bonchev–Trinajstić information content (AvgIpc) is 3.29. The van der Waals surface area contributed by atoms with Crippen LogP contribution in [0.4, 0.5) is 0 Å². The Kier molecular flexibility index (Phi) is 5.55. The highest BCUT2D eigenvalue weighted by molar-refractivity contribution is 5.80. The molecule has 1 heterocycles. The molecule has 4 unspecified atom stereocenters. The van der Waals surface area contributed by atoms with E-state index >= 15 is 0 Å². The first-order valence-corrected chi connectivity index (χ1v) is 8.99. The molecule has 1 aliphatic heterocycles. The molecule has 4 atom stereocenters. The largest absolute Gasteiger partial charge is 0.373 e. The first-order valence-electron chi connectivity index (χ1n) is 8.99. The summed E-state index contributed by atoms with van der Waals surface area (Å²) in [7, 11) is 0. The minimum atomic E-state index is 0.177. The summed E-state index contributed by atoms with van der Waals surface area (Å²) < 4.78 is 6.07. The van der Waals surface area contributed by atoms with Crippen molar-refractivity contribution in [2.24, 2.45) is 16.8 Å². The minimum absolute atomic E-state index is 0.177. The number of nitrogens with one attached hydrogen (secondary N) is 2. The Bertz CT molecular complexity index is 517. The minimum Gasteiger partial charge on any atom is -0.373 e. The van der Waals surface area contributed by atoms with Gasteiger partial charge in [-0.15, -0.1) is 0 Å². The van der Waals surface area contributed by atoms with E-state index in [2.05, 4.69) is 54.8 Å². The fourth-order valence-electron chi connectivity index (χ4n) is 3.27. The zero-order valence-corrected chi connectivity index (χ0v) is 14.3. The molecule has 0 radical (unpaired) electrons. The van der Waals surface area contributed by atoms with E-state index in [9.17, 15) is 0 Å². The predicted octanol–water partition coefficient (Wildman–Crippen LogP) is 3.12. The lowest BCUT2D eigenvalue weighted by atomic mass is 9.89. The lowest BCUT2D eigenvalue weighted by Gasteiger charge is -2.31. The molecule has 0 bridgehead atoms. The number of nitrogens with zero attached hydrogens (tertiary/aromatic N) is 1.